The molecule has 0 spiro atoms. The average Bonchev–Trinajstić information content (AvgIpc) is 3.42. The predicted octanol–water partition coefficient (Wildman–Crippen LogP) is 3.29. The van der Waals surface area contributed by atoms with Gasteiger partial charge in [-0.05, 0) is 55.7 Å². The van der Waals surface area contributed by atoms with E-state index in [2.05, 4.69) is 34.3 Å². The molecule has 2 aromatic rings. The van der Waals surface area contributed by atoms with Crippen LogP contribution in [0, 0.1) is 23.2 Å². The third-order valence-electron chi connectivity index (χ3n) is 4.93. The zero-order chi connectivity index (χ0) is 14.2. The van der Waals surface area contributed by atoms with E-state index < -0.39 is 0 Å². The van der Waals surface area contributed by atoms with Gasteiger partial charge < -0.3 is 9.88 Å². The lowest BCUT2D eigenvalue weighted by Crippen LogP contribution is -2.35. The Hall–Kier alpha value is -1.79. The van der Waals surface area contributed by atoms with Gasteiger partial charge in [0.15, 0.2) is 0 Å². The van der Waals surface area contributed by atoms with Crippen LogP contribution in [-0.4, -0.2) is 17.2 Å². The maximum absolute atomic E-state index is 9.16. The molecule has 0 saturated heterocycles. The van der Waals surface area contributed by atoms with Crippen molar-refractivity contribution >= 4 is 10.9 Å². The van der Waals surface area contributed by atoms with Crippen LogP contribution in [0.2, 0.25) is 0 Å². The molecule has 1 aromatic carbocycles. The Morgan fingerprint density at radius 3 is 2.62 bits per heavy atom. The molecule has 0 aliphatic heterocycles. The van der Waals surface area contributed by atoms with E-state index in [1.807, 2.05) is 12.1 Å². The van der Waals surface area contributed by atoms with Crippen molar-refractivity contribution in [1.82, 2.24) is 9.88 Å². The van der Waals surface area contributed by atoms with Gasteiger partial charge in [0.1, 0.15) is 0 Å². The molecule has 3 heteroatoms. The Morgan fingerprint density at radius 2 is 1.95 bits per heavy atom. The number of aromatic nitrogens is 1. The number of benzene rings is 1. The van der Waals surface area contributed by atoms with E-state index in [0.29, 0.717) is 0 Å². The molecule has 1 heterocycles. The van der Waals surface area contributed by atoms with E-state index in [-0.39, 0.29) is 0 Å². The van der Waals surface area contributed by atoms with Crippen LogP contribution >= 0.6 is 0 Å². The minimum absolute atomic E-state index is 0.765. The van der Waals surface area contributed by atoms with Crippen molar-refractivity contribution in [3.63, 3.8) is 0 Å². The molecule has 21 heavy (non-hydrogen) atoms. The lowest BCUT2D eigenvalue weighted by molar-refractivity contribution is 0.408. The van der Waals surface area contributed by atoms with Gasteiger partial charge in [0.25, 0.3) is 0 Å². The predicted molar refractivity (Wildman–Crippen MR) is 83.9 cm³/mol. The first-order chi connectivity index (χ1) is 10.4. The summed E-state index contributed by atoms with van der Waals surface area (Å²) in [5, 5.41) is 14.0. The van der Waals surface area contributed by atoms with Crippen molar-refractivity contribution in [1.29, 1.82) is 5.26 Å². The zero-order valence-corrected chi connectivity index (χ0v) is 12.3. The summed E-state index contributed by atoms with van der Waals surface area (Å²) in [4.78, 5) is 0. The van der Waals surface area contributed by atoms with Crippen LogP contribution < -0.4 is 5.32 Å². The Kier molecular flexibility index (Phi) is 3.20. The molecule has 0 bridgehead atoms. The van der Waals surface area contributed by atoms with Gasteiger partial charge in [-0.2, -0.15) is 5.26 Å². The van der Waals surface area contributed by atoms with Crippen LogP contribution in [0.15, 0.2) is 30.5 Å². The van der Waals surface area contributed by atoms with Crippen LogP contribution in [0.25, 0.3) is 10.9 Å². The van der Waals surface area contributed by atoms with Crippen LogP contribution in [0.1, 0.15) is 31.2 Å². The van der Waals surface area contributed by atoms with Gasteiger partial charge in [0.2, 0.25) is 0 Å². The third kappa shape index (κ3) is 2.56. The fourth-order valence-corrected chi connectivity index (χ4v) is 3.50. The summed E-state index contributed by atoms with van der Waals surface area (Å²) < 4.78 is 2.26. The van der Waals surface area contributed by atoms with E-state index >= 15 is 0 Å². The fraction of sp³-hybridized carbons (Fsp3) is 0.500. The maximum atomic E-state index is 9.16. The van der Waals surface area contributed by atoms with Crippen molar-refractivity contribution in [2.24, 2.45) is 11.8 Å². The molecule has 4 rings (SSSR count). The third-order valence-corrected chi connectivity index (χ3v) is 4.93. The molecular formula is C18H21N3. The first-order valence-electron chi connectivity index (χ1n) is 8.08. The average molecular weight is 279 g/mol. The lowest BCUT2D eigenvalue weighted by atomic mass is 10.1. The summed E-state index contributed by atoms with van der Waals surface area (Å²) in [7, 11) is 0. The van der Waals surface area contributed by atoms with Crippen molar-refractivity contribution in [2.45, 2.75) is 38.3 Å². The number of nitriles is 1. The summed E-state index contributed by atoms with van der Waals surface area (Å²) >= 11 is 0. The Labute approximate surface area is 125 Å². The van der Waals surface area contributed by atoms with Crippen molar-refractivity contribution in [2.75, 3.05) is 6.54 Å². The molecule has 108 valence electrons. The van der Waals surface area contributed by atoms with E-state index in [4.69, 9.17) is 5.26 Å². The number of fused-ring (bicyclic) bond motifs is 1. The molecule has 2 saturated carbocycles. The summed E-state index contributed by atoms with van der Waals surface area (Å²) in [5.74, 6) is 1.90. The molecule has 0 radical (unpaired) electrons. The quantitative estimate of drug-likeness (QED) is 0.881. The summed E-state index contributed by atoms with van der Waals surface area (Å²) in [6.45, 7) is 2.01. The molecular weight excluding hydrogens is 258 g/mol. The van der Waals surface area contributed by atoms with Crippen molar-refractivity contribution in [3.05, 3.63) is 36.0 Å². The molecule has 1 N–H and O–H groups in total. The van der Waals surface area contributed by atoms with Gasteiger partial charge >= 0.3 is 0 Å². The molecule has 2 aliphatic carbocycles. The number of nitrogens with one attached hydrogen (secondary N) is 1. The van der Waals surface area contributed by atoms with Gasteiger partial charge in [-0.1, -0.05) is 6.07 Å². The van der Waals surface area contributed by atoms with Crippen LogP contribution in [0.5, 0.6) is 0 Å². The molecule has 0 atom stereocenters. The smallest absolute Gasteiger partial charge is 0.0998 e. The fourth-order valence-electron chi connectivity index (χ4n) is 3.50. The number of hydrogen-bond acceptors (Lipinski definition) is 2. The Bertz CT molecular complexity index is 674. The van der Waals surface area contributed by atoms with E-state index in [1.54, 1.807) is 0 Å². The first-order valence-corrected chi connectivity index (χ1v) is 8.08. The maximum Gasteiger partial charge on any atom is 0.0998 e. The minimum Gasteiger partial charge on any atom is -0.346 e. The Balaban J connectivity index is 1.44. The minimum atomic E-state index is 0.765. The summed E-state index contributed by atoms with van der Waals surface area (Å²) in [6.07, 6.45) is 7.80. The second-order valence-corrected chi connectivity index (χ2v) is 6.51. The van der Waals surface area contributed by atoms with Gasteiger partial charge in [-0.3, -0.25) is 0 Å². The van der Waals surface area contributed by atoms with Gasteiger partial charge in [0.05, 0.1) is 11.6 Å². The van der Waals surface area contributed by atoms with Crippen LogP contribution in [-0.2, 0) is 6.54 Å². The number of nitrogens with zero attached hydrogens (tertiary/aromatic N) is 2. The zero-order valence-electron chi connectivity index (χ0n) is 12.3. The number of hydrogen-bond donors (Lipinski definition) is 1. The SMILES string of the molecule is N#Cc1cccc2c1ccn2CCNC(C1CC1)C1CC1. The molecule has 0 unspecified atom stereocenters. The number of rotatable bonds is 6. The highest BCUT2D eigenvalue weighted by Gasteiger charge is 2.40. The van der Waals surface area contributed by atoms with E-state index in [9.17, 15) is 0 Å². The largest absolute Gasteiger partial charge is 0.346 e. The molecule has 2 fully saturated rings. The van der Waals surface area contributed by atoms with Gasteiger partial charge in [-0.25, -0.2) is 0 Å². The van der Waals surface area contributed by atoms with Crippen molar-refractivity contribution in [3.8, 4) is 6.07 Å². The lowest BCUT2D eigenvalue weighted by Gasteiger charge is -2.18. The summed E-state index contributed by atoms with van der Waals surface area (Å²) in [6, 6.07) is 11.1. The normalized spacial score (nSPS) is 18.3. The summed E-state index contributed by atoms with van der Waals surface area (Å²) in [5.41, 5.74) is 1.94. The molecule has 2 aliphatic rings. The van der Waals surface area contributed by atoms with Crippen molar-refractivity contribution < 1.29 is 0 Å². The second kappa shape index (κ2) is 5.20. The highest BCUT2D eigenvalue weighted by Crippen LogP contribution is 2.44. The topological polar surface area (TPSA) is 40.8 Å². The first kappa shape index (κ1) is 12.9. The van der Waals surface area contributed by atoms with Crippen LogP contribution in [0.3, 0.4) is 0 Å². The highest BCUT2D eigenvalue weighted by atomic mass is 15.0. The second-order valence-electron chi connectivity index (χ2n) is 6.51. The standard InChI is InChI=1S/C18H21N3/c19-12-15-2-1-3-17-16(15)8-10-21(17)11-9-20-18(13-4-5-13)14-6-7-14/h1-3,8,10,13-14,18,20H,4-7,9,11H2. The van der Waals surface area contributed by atoms with E-state index in [1.165, 1.54) is 31.2 Å². The van der Waals surface area contributed by atoms with Gasteiger partial charge in [0, 0.05) is 36.2 Å². The molecule has 0 amide bonds. The van der Waals surface area contributed by atoms with Gasteiger partial charge in [-0.15, -0.1) is 0 Å². The van der Waals surface area contributed by atoms with Crippen LogP contribution in [0.4, 0.5) is 0 Å². The van der Waals surface area contributed by atoms with E-state index in [0.717, 1.165) is 41.9 Å². The molecule has 3 nitrogen and oxygen atoms in total. The monoisotopic (exact) mass is 279 g/mol. The highest BCUT2D eigenvalue weighted by molar-refractivity contribution is 5.85. The molecule has 1 aromatic heterocycles. The Morgan fingerprint density at radius 1 is 1.19 bits per heavy atom.